The Kier molecular flexibility index (Phi) is 1.83. The number of amides is 2. The molecule has 0 aliphatic carbocycles. The highest BCUT2D eigenvalue weighted by Gasteiger charge is 2.88. The van der Waals surface area contributed by atoms with Gasteiger partial charge in [-0.05, 0) is 0 Å². The molecule has 1 heterocycles. The SMILES string of the molecule is O=C1C(F)(F)C(F)(F)C(=O)[N+]1(F)Br. The van der Waals surface area contributed by atoms with E-state index in [2.05, 4.69) is 0 Å². The lowest BCUT2D eigenvalue weighted by molar-refractivity contribution is -0.782. The Morgan fingerprint density at radius 1 is 1.00 bits per heavy atom. The molecule has 2 amide bonds. The number of quaternary nitrogens is 1. The van der Waals surface area contributed by atoms with Gasteiger partial charge in [0.15, 0.2) is 0 Å². The molecule has 0 aromatic carbocycles. The van der Waals surface area contributed by atoms with Crippen molar-refractivity contribution in [2.75, 3.05) is 0 Å². The molecule has 13 heavy (non-hydrogen) atoms. The summed E-state index contributed by atoms with van der Waals surface area (Å²) in [4.78, 5) is 20.5. The van der Waals surface area contributed by atoms with E-state index < -0.39 is 27.4 Å². The molecular weight excluding hydrogens is 269 g/mol. The van der Waals surface area contributed by atoms with Gasteiger partial charge >= 0.3 is 23.7 Å². The zero-order chi connectivity index (χ0) is 10.7. The Hall–Kier alpha value is -0.570. The van der Waals surface area contributed by atoms with Crippen LogP contribution in [0.1, 0.15) is 0 Å². The Morgan fingerprint density at radius 3 is 1.31 bits per heavy atom. The van der Waals surface area contributed by atoms with Crippen LogP contribution in [0.5, 0.6) is 0 Å². The smallest absolute Gasteiger partial charge is 0.218 e. The first kappa shape index (κ1) is 10.5. The van der Waals surface area contributed by atoms with Gasteiger partial charge in [0, 0.05) is 4.48 Å². The van der Waals surface area contributed by atoms with Crippen LogP contribution in [0.15, 0.2) is 0 Å². The monoisotopic (exact) mass is 268 g/mol. The quantitative estimate of drug-likeness (QED) is 0.377. The van der Waals surface area contributed by atoms with Gasteiger partial charge in [-0.1, -0.05) is 0 Å². The second kappa shape index (κ2) is 2.27. The van der Waals surface area contributed by atoms with E-state index in [1.54, 1.807) is 0 Å². The first-order valence-corrected chi connectivity index (χ1v) is 3.41. The average Bonchev–Trinajstić information content (AvgIpc) is 2.05. The normalized spacial score (nSPS) is 29.4. The lowest BCUT2D eigenvalue weighted by Gasteiger charge is -2.07. The van der Waals surface area contributed by atoms with Crippen LogP contribution in [0.2, 0.25) is 0 Å². The second-order valence-electron chi connectivity index (χ2n) is 2.27. The summed E-state index contributed by atoms with van der Waals surface area (Å²) < 4.78 is 58.3. The minimum atomic E-state index is -5.32. The fourth-order valence-corrected chi connectivity index (χ4v) is 1.16. The second-order valence-corrected chi connectivity index (χ2v) is 3.25. The molecular formula is C4BrF5NO2+. The molecule has 3 nitrogen and oxygen atoms in total. The van der Waals surface area contributed by atoms with Gasteiger partial charge < -0.3 is 0 Å². The first-order valence-electron chi connectivity index (χ1n) is 2.70. The van der Waals surface area contributed by atoms with E-state index in [4.69, 9.17) is 0 Å². The molecule has 9 heteroatoms. The van der Waals surface area contributed by atoms with Crippen LogP contribution >= 0.6 is 16.1 Å². The van der Waals surface area contributed by atoms with Crippen LogP contribution < -0.4 is 0 Å². The van der Waals surface area contributed by atoms with E-state index in [0.29, 0.717) is 0 Å². The van der Waals surface area contributed by atoms with E-state index in [-0.39, 0.29) is 0 Å². The van der Waals surface area contributed by atoms with Crippen LogP contribution in [0.25, 0.3) is 0 Å². The van der Waals surface area contributed by atoms with Crippen molar-refractivity contribution in [3.8, 4) is 0 Å². The minimum Gasteiger partial charge on any atom is -0.218 e. The number of nitrogens with zero attached hydrogens (tertiary/aromatic N) is 1. The maximum Gasteiger partial charge on any atom is 0.447 e. The number of carbonyl (C=O) groups excluding carboxylic acids is 2. The van der Waals surface area contributed by atoms with Gasteiger partial charge in [-0.2, -0.15) is 17.6 Å². The third-order valence-corrected chi connectivity index (χ3v) is 2.09. The molecule has 0 aromatic heterocycles. The standard InChI is InChI=1S/C4BrF5NO2/c5-11(10)1(12)3(6,7)4(8,9)2(11)13/q+1. The zero-order valence-electron chi connectivity index (χ0n) is 5.53. The summed E-state index contributed by atoms with van der Waals surface area (Å²) in [6, 6.07) is 0. The summed E-state index contributed by atoms with van der Waals surface area (Å²) in [7, 11) is 0. The largest absolute Gasteiger partial charge is 0.447 e. The van der Waals surface area contributed by atoms with Crippen molar-refractivity contribution < 1.29 is 35.4 Å². The van der Waals surface area contributed by atoms with Crippen molar-refractivity contribution >= 4 is 28.0 Å². The maximum absolute atomic E-state index is 12.6. The fraction of sp³-hybridized carbons (Fsp3) is 0.500. The highest BCUT2D eigenvalue weighted by atomic mass is 79.9. The fourth-order valence-electron chi connectivity index (χ4n) is 0.714. The van der Waals surface area contributed by atoms with Crippen molar-refractivity contribution in [2.45, 2.75) is 11.8 Å². The molecule has 0 unspecified atom stereocenters. The number of halogens is 6. The van der Waals surface area contributed by atoms with E-state index in [0.717, 1.165) is 0 Å². The van der Waals surface area contributed by atoms with E-state index in [1.165, 1.54) is 16.1 Å². The van der Waals surface area contributed by atoms with Gasteiger partial charge in [-0.3, -0.25) is 0 Å². The van der Waals surface area contributed by atoms with E-state index in [1.807, 2.05) is 0 Å². The Morgan fingerprint density at radius 2 is 1.23 bits per heavy atom. The lowest BCUT2D eigenvalue weighted by atomic mass is 10.2. The van der Waals surface area contributed by atoms with Crippen LogP contribution in [0.3, 0.4) is 0 Å². The number of rotatable bonds is 0. The molecule has 0 bridgehead atoms. The molecule has 74 valence electrons. The number of hydrogen-bond donors (Lipinski definition) is 0. The molecule has 1 rings (SSSR count). The van der Waals surface area contributed by atoms with Crippen LogP contribution in [0.4, 0.5) is 22.0 Å². The minimum absolute atomic E-state index is 1.54. The van der Waals surface area contributed by atoms with Gasteiger partial charge in [0.25, 0.3) is 16.1 Å². The molecule has 0 atom stereocenters. The predicted octanol–water partition coefficient (Wildman–Crippen LogP) is 1.34. The first-order chi connectivity index (χ1) is 5.56. The summed E-state index contributed by atoms with van der Waals surface area (Å²) in [5.74, 6) is -16.3. The number of hydrogen-bond acceptors (Lipinski definition) is 2. The van der Waals surface area contributed by atoms with Crippen molar-refractivity contribution in [3.63, 3.8) is 0 Å². The van der Waals surface area contributed by atoms with Gasteiger partial charge in [0.05, 0.1) is 3.73 Å². The number of carbonyl (C=O) groups is 2. The average molecular weight is 269 g/mol. The molecule has 0 spiro atoms. The number of alkyl halides is 4. The third-order valence-electron chi connectivity index (χ3n) is 1.44. The van der Waals surface area contributed by atoms with Crippen molar-refractivity contribution in [3.05, 3.63) is 0 Å². The molecule has 0 radical (unpaired) electrons. The Bertz CT molecular complexity index is 273. The Labute approximate surface area is 76.0 Å². The highest BCUT2D eigenvalue weighted by molar-refractivity contribution is 9.05. The molecule has 1 aliphatic heterocycles. The van der Waals surface area contributed by atoms with Gasteiger partial charge in [0.1, 0.15) is 0 Å². The molecule has 0 saturated carbocycles. The molecule has 1 aliphatic rings. The molecule has 0 N–H and O–H groups in total. The molecule has 1 fully saturated rings. The number of imide groups is 1. The molecule has 1 saturated heterocycles. The summed E-state index contributed by atoms with van der Waals surface area (Å²) in [5.41, 5.74) is 0. The maximum atomic E-state index is 12.6. The van der Waals surface area contributed by atoms with Gasteiger partial charge in [0.2, 0.25) is 0 Å². The zero-order valence-corrected chi connectivity index (χ0v) is 7.12. The highest BCUT2D eigenvalue weighted by Crippen LogP contribution is 2.49. The third kappa shape index (κ3) is 0.966. The van der Waals surface area contributed by atoms with E-state index >= 15 is 0 Å². The van der Waals surface area contributed by atoms with Crippen molar-refractivity contribution in [2.24, 2.45) is 0 Å². The van der Waals surface area contributed by atoms with Crippen LogP contribution in [-0.4, -0.2) is 27.4 Å². The van der Waals surface area contributed by atoms with Gasteiger partial charge in [-0.25, -0.2) is 9.59 Å². The molecule has 0 aromatic rings. The van der Waals surface area contributed by atoms with Crippen molar-refractivity contribution in [1.29, 1.82) is 0 Å². The summed E-state index contributed by atoms with van der Waals surface area (Å²) in [6.07, 6.45) is 0. The van der Waals surface area contributed by atoms with Crippen molar-refractivity contribution in [1.82, 2.24) is 0 Å². The predicted molar refractivity (Wildman–Crippen MR) is 30.2 cm³/mol. The summed E-state index contributed by atoms with van der Waals surface area (Å²) in [6.45, 7) is 0. The van der Waals surface area contributed by atoms with Crippen LogP contribution in [0, 0.1) is 0 Å². The van der Waals surface area contributed by atoms with Crippen LogP contribution in [-0.2, 0) is 9.59 Å². The Balaban J connectivity index is 3.38. The van der Waals surface area contributed by atoms with Gasteiger partial charge in [-0.15, -0.1) is 0 Å². The topological polar surface area (TPSA) is 34.1 Å². The summed E-state index contributed by atoms with van der Waals surface area (Å²) >= 11 is 1.54. The summed E-state index contributed by atoms with van der Waals surface area (Å²) in [5, 5.41) is 0. The lowest BCUT2D eigenvalue weighted by Crippen LogP contribution is -2.43. The van der Waals surface area contributed by atoms with E-state index in [9.17, 15) is 31.6 Å².